The highest BCUT2D eigenvalue weighted by molar-refractivity contribution is 6.30. The van der Waals surface area contributed by atoms with E-state index in [1.807, 2.05) is 0 Å². The van der Waals surface area contributed by atoms with Gasteiger partial charge in [0, 0.05) is 10.7 Å². The first kappa shape index (κ1) is 15.5. The van der Waals surface area contributed by atoms with Gasteiger partial charge in [-0.05, 0) is 43.3 Å². The minimum absolute atomic E-state index is 0.174. The number of halogens is 1. The van der Waals surface area contributed by atoms with E-state index in [0.717, 1.165) is 0 Å². The Kier molecular flexibility index (Phi) is 3.62. The number of amides is 1. The molecular weight excluding hydrogens is 340 g/mol. The average Bonchev–Trinajstić information content (AvgIpc) is 2.94. The Hall–Kier alpha value is -2.99. The topological polar surface area (TPSA) is 67.6 Å². The van der Waals surface area contributed by atoms with E-state index in [1.165, 1.54) is 9.58 Å². The molecule has 25 heavy (non-hydrogen) atoms. The smallest absolute Gasteiger partial charge is 0.267 e. The predicted octanol–water partition coefficient (Wildman–Crippen LogP) is 3.15. The van der Waals surface area contributed by atoms with Crippen molar-refractivity contribution in [2.45, 2.75) is 13.3 Å². The Morgan fingerprint density at radius 1 is 1.04 bits per heavy atom. The van der Waals surface area contributed by atoms with Crippen LogP contribution in [-0.4, -0.2) is 21.2 Å². The fourth-order valence-corrected chi connectivity index (χ4v) is 2.92. The summed E-state index contributed by atoms with van der Waals surface area (Å²) in [6.07, 6.45) is 0.212. The number of nitrogens with zero attached hydrogens (tertiary/aromatic N) is 4. The third-order valence-corrected chi connectivity index (χ3v) is 4.20. The molecule has 2 heterocycles. The summed E-state index contributed by atoms with van der Waals surface area (Å²) >= 11 is 5.95. The third-order valence-electron chi connectivity index (χ3n) is 3.95. The molecule has 0 aliphatic carbocycles. The van der Waals surface area contributed by atoms with Crippen LogP contribution >= 0.6 is 11.6 Å². The fraction of sp³-hybridized carbons (Fsp3) is 0.111. The summed E-state index contributed by atoms with van der Waals surface area (Å²) in [4.78, 5) is 29.9. The van der Waals surface area contributed by atoms with Crippen LogP contribution in [0.4, 0.5) is 5.95 Å². The van der Waals surface area contributed by atoms with Gasteiger partial charge in [-0.15, -0.1) is 0 Å². The zero-order valence-corrected chi connectivity index (χ0v) is 14.1. The minimum atomic E-state index is -0.268. The molecule has 3 aromatic rings. The summed E-state index contributed by atoms with van der Waals surface area (Å²) < 4.78 is 1.39. The molecule has 1 aliphatic heterocycles. The number of hydrogen-bond acceptors (Lipinski definition) is 4. The van der Waals surface area contributed by atoms with Gasteiger partial charge in [-0.3, -0.25) is 9.59 Å². The molecule has 0 atom stereocenters. The van der Waals surface area contributed by atoms with Crippen LogP contribution in [-0.2, 0) is 4.79 Å². The lowest BCUT2D eigenvalue weighted by molar-refractivity contribution is -0.117. The van der Waals surface area contributed by atoms with Crippen LogP contribution in [0.1, 0.15) is 13.3 Å². The lowest BCUT2D eigenvalue weighted by atomic mass is 10.2. The fourth-order valence-electron chi connectivity index (χ4n) is 2.80. The van der Waals surface area contributed by atoms with Crippen LogP contribution < -0.4 is 10.6 Å². The van der Waals surface area contributed by atoms with Gasteiger partial charge in [-0.25, -0.2) is 9.55 Å². The van der Waals surface area contributed by atoms with Crippen LogP contribution in [0.25, 0.3) is 16.6 Å². The number of para-hydroxylation sites is 1. The molecule has 0 fully saturated rings. The molecule has 7 heteroatoms. The second kappa shape index (κ2) is 5.82. The van der Waals surface area contributed by atoms with Crippen molar-refractivity contribution in [2.75, 3.05) is 5.01 Å². The maximum atomic E-state index is 13.1. The average molecular weight is 353 g/mol. The number of hydrogen-bond donors (Lipinski definition) is 0. The lowest BCUT2D eigenvalue weighted by Gasteiger charge is -2.18. The molecule has 1 aliphatic rings. The van der Waals surface area contributed by atoms with Crippen molar-refractivity contribution >= 4 is 40.1 Å². The van der Waals surface area contributed by atoms with Gasteiger partial charge in [-0.1, -0.05) is 23.7 Å². The zero-order valence-electron chi connectivity index (χ0n) is 13.3. The van der Waals surface area contributed by atoms with E-state index in [0.29, 0.717) is 27.3 Å². The highest BCUT2D eigenvalue weighted by Gasteiger charge is 2.28. The van der Waals surface area contributed by atoms with Crippen molar-refractivity contribution < 1.29 is 4.79 Å². The third kappa shape index (κ3) is 2.60. The van der Waals surface area contributed by atoms with Crippen LogP contribution in [0.15, 0.2) is 58.4 Å². The Morgan fingerprint density at radius 2 is 1.76 bits per heavy atom. The molecule has 6 nitrogen and oxygen atoms in total. The molecule has 0 unspecified atom stereocenters. The molecule has 0 saturated heterocycles. The first-order valence-corrected chi connectivity index (χ1v) is 8.07. The van der Waals surface area contributed by atoms with E-state index in [4.69, 9.17) is 11.6 Å². The predicted molar refractivity (Wildman–Crippen MR) is 97.6 cm³/mol. The van der Waals surface area contributed by atoms with E-state index in [9.17, 15) is 9.59 Å². The summed E-state index contributed by atoms with van der Waals surface area (Å²) in [5, 5.41) is 6.46. The first-order chi connectivity index (χ1) is 12.0. The quantitative estimate of drug-likeness (QED) is 0.711. The normalized spacial score (nSPS) is 14.2. The number of rotatable bonds is 2. The SMILES string of the molecule is CC1=NN(c2nc3ccccc3c(=O)n2-c2ccc(Cl)cc2)C(=O)C1. The maximum absolute atomic E-state index is 13.1. The summed E-state index contributed by atoms with van der Waals surface area (Å²) in [7, 11) is 0. The zero-order chi connectivity index (χ0) is 17.6. The number of carbonyl (C=O) groups is 1. The van der Waals surface area contributed by atoms with Crippen LogP contribution in [0, 0.1) is 0 Å². The monoisotopic (exact) mass is 352 g/mol. The standard InChI is InChI=1S/C18H13ClN4O2/c1-11-10-16(24)23(21-11)18-20-15-5-3-2-4-14(15)17(25)22(18)13-8-6-12(19)7-9-13/h2-9H,10H2,1H3. The second-order valence-electron chi connectivity index (χ2n) is 5.76. The van der Waals surface area contributed by atoms with Gasteiger partial charge in [0.25, 0.3) is 11.5 Å². The number of hydrazone groups is 1. The Bertz CT molecular complexity index is 1090. The van der Waals surface area contributed by atoms with Crippen molar-refractivity contribution in [3.63, 3.8) is 0 Å². The molecule has 4 rings (SSSR count). The van der Waals surface area contributed by atoms with Gasteiger partial charge in [0.05, 0.1) is 23.0 Å². The molecule has 124 valence electrons. The first-order valence-electron chi connectivity index (χ1n) is 7.69. The molecule has 2 aromatic carbocycles. The minimum Gasteiger partial charge on any atom is -0.272 e. The van der Waals surface area contributed by atoms with Crippen LogP contribution in [0.2, 0.25) is 5.02 Å². The highest BCUT2D eigenvalue weighted by Crippen LogP contribution is 2.24. The summed E-state index contributed by atoms with van der Waals surface area (Å²) in [6.45, 7) is 1.77. The number of carbonyl (C=O) groups excluding carboxylic acids is 1. The van der Waals surface area contributed by atoms with Gasteiger partial charge in [0.2, 0.25) is 5.95 Å². The Labute approximate surface area is 148 Å². The molecular formula is C18H13ClN4O2. The van der Waals surface area contributed by atoms with Crippen LogP contribution in [0.3, 0.4) is 0 Å². The molecule has 0 spiro atoms. The van der Waals surface area contributed by atoms with E-state index in [1.54, 1.807) is 55.5 Å². The highest BCUT2D eigenvalue weighted by atomic mass is 35.5. The van der Waals surface area contributed by atoms with Crippen molar-refractivity contribution in [3.05, 3.63) is 63.9 Å². The summed E-state index contributed by atoms with van der Waals surface area (Å²) in [6, 6.07) is 13.8. The van der Waals surface area contributed by atoms with Crippen molar-refractivity contribution in [2.24, 2.45) is 5.10 Å². The van der Waals surface area contributed by atoms with Crippen LogP contribution in [0.5, 0.6) is 0 Å². The van der Waals surface area contributed by atoms with Gasteiger partial charge < -0.3 is 0 Å². The van der Waals surface area contributed by atoms with Crippen molar-refractivity contribution in [1.29, 1.82) is 0 Å². The van der Waals surface area contributed by atoms with Crippen molar-refractivity contribution in [1.82, 2.24) is 9.55 Å². The van der Waals surface area contributed by atoms with E-state index in [-0.39, 0.29) is 23.8 Å². The maximum Gasteiger partial charge on any atom is 0.267 e. The Balaban J connectivity index is 2.06. The number of aromatic nitrogens is 2. The van der Waals surface area contributed by atoms with E-state index < -0.39 is 0 Å². The largest absolute Gasteiger partial charge is 0.272 e. The molecule has 0 N–H and O–H groups in total. The number of benzene rings is 2. The summed E-state index contributed by atoms with van der Waals surface area (Å²) in [5.41, 5.74) is 1.49. The van der Waals surface area contributed by atoms with Crippen molar-refractivity contribution in [3.8, 4) is 5.69 Å². The Morgan fingerprint density at radius 3 is 2.44 bits per heavy atom. The van der Waals surface area contributed by atoms with E-state index >= 15 is 0 Å². The number of anilines is 1. The second-order valence-corrected chi connectivity index (χ2v) is 6.20. The lowest BCUT2D eigenvalue weighted by Crippen LogP contribution is -2.30. The molecule has 1 amide bonds. The van der Waals surface area contributed by atoms with Gasteiger partial charge in [0.1, 0.15) is 0 Å². The molecule has 1 aromatic heterocycles. The molecule has 0 radical (unpaired) electrons. The van der Waals surface area contributed by atoms with E-state index in [2.05, 4.69) is 10.1 Å². The number of fused-ring (bicyclic) bond motifs is 1. The van der Waals surface area contributed by atoms with Gasteiger partial charge in [-0.2, -0.15) is 10.1 Å². The van der Waals surface area contributed by atoms with Gasteiger partial charge >= 0.3 is 0 Å². The molecule has 0 saturated carbocycles. The molecule has 0 bridgehead atoms. The summed E-state index contributed by atoms with van der Waals surface area (Å²) in [5.74, 6) is -0.0460. The van der Waals surface area contributed by atoms with Gasteiger partial charge in [0.15, 0.2) is 0 Å².